The second kappa shape index (κ2) is 4.67. The normalized spacial score (nSPS) is 21.3. The molecular weight excluding hydrogens is 186 g/mol. The van der Waals surface area contributed by atoms with Crippen molar-refractivity contribution in [3.63, 3.8) is 0 Å². The minimum atomic E-state index is 0.486. The van der Waals surface area contributed by atoms with Gasteiger partial charge in [0.25, 0.3) is 0 Å². The number of ether oxygens (including phenoxy) is 1. The van der Waals surface area contributed by atoms with E-state index in [9.17, 15) is 0 Å². The van der Waals surface area contributed by atoms with Crippen molar-refractivity contribution in [1.29, 1.82) is 0 Å². The maximum atomic E-state index is 5.45. The van der Waals surface area contributed by atoms with Crippen LogP contribution in [-0.2, 0) is 4.74 Å². The van der Waals surface area contributed by atoms with E-state index in [-0.39, 0.29) is 0 Å². The van der Waals surface area contributed by atoms with Gasteiger partial charge in [-0.1, -0.05) is 6.07 Å². The van der Waals surface area contributed by atoms with Crippen molar-refractivity contribution in [3.05, 3.63) is 29.3 Å². The van der Waals surface area contributed by atoms with Gasteiger partial charge < -0.3 is 10.1 Å². The van der Waals surface area contributed by atoms with E-state index in [2.05, 4.69) is 37.4 Å². The van der Waals surface area contributed by atoms with Crippen molar-refractivity contribution in [2.24, 2.45) is 0 Å². The van der Waals surface area contributed by atoms with Crippen LogP contribution in [0.25, 0.3) is 0 Å². The standard InChI is InChI=1S/C13H19NO/c1-10-6-11(2)8-13(7-10)14-12-4-3-5-15-9-12/h6-8,12,14H,3-5,9H2,1-2H3. The van der Waals surface area contributed by atoms with Crippen LogP contribution in [0.5, 0.6) is 0 Å². The highest BCUT2D eigenvalue weighted by molar-refractivity contribution is 5.49. The van der Waals surface area contributed by atoms with Crippen LogP contribution in [0.1, 0.15) is 24.0 Å². The van der Waals surface area contributed by atoms with Crippen LogP contribution in [-0.4, -0.2) is 19.3 Å². The van der Waals surface area contributed by atoms with Crippen molar-refractivity contribution >= 4 is 5.69 Å². The molecule has 2 heteroatoms. The van der Waals surface area contributed by atoms with E-state index in [4.69, 9.17) is 4.74 Å². The average molecular weight is 205 g/mol. The van der Waals surface area contributed by atoms with Gasteiger partial charge in [0.2, 0.25) is 0 Å². The molecule has 1 N–H and O–H groups in total. The first-order valence-corrected chi connectivity index (χ1v) is 5.66. The molecule has 1 atom stereocenters. The third-order valence-electron chi connectivity index (χ3n) is 2.75. The van der Waals surface area contributed by atoms with Crippen molar-refractivity contribution in [2.45, 2.75) is 32.7 Å². The first kappa shape index (κ1) is 10.5. The quantitative estimate of drug-likeness (QED) is 0.801. The molecule has 1 heterocycles. The molecule has 2 rings (SSSR count). The Morgan fingerprint density at radius 1 is 1.20 bits per heavy atom. The summed E-state index contributed by atoms with van der Waals surface area (Å²) in [7, 11) is 0. The summed E-state index contributed by atoms with van der Waals surface area (Å²) in [5.74, 6) is 0. The third-order valence-corrected chi connectivity index (χ3v) is 2.75. The molecule has 15 heavy (non-hydrogen) atoms. The molecule has 0 saturated carbocycles. The number of anilines is 1. The van der Waals surface area contributed by atoms with Crippen molar-refractivity contribution in [3.8, 4) is 0 Å². The van der Waals surface area contributed by atoms with Crippen LogP contribution in [0.4, 0.5) is 5.69 Å². The molecule has 1 unspecified atom stereocenters. The van der Waals surface area contributed by atoms with Gasteiger partial charge >= 0.3 is 0 Å². The molecule has 1 aromatic carbocycles. The Kier molecular flexibility index (Phi) is 3.27. The van der Waals surface area contributed by atoms with Gasteiger partial charge in [0.1, 0.15) is 0 Å². The van der Waals surface area contributed by atoms with Gasteiger partial charge in [-0.2, -0.15) is 0 Å². The molecule has 0 amide bonds. The fraction of sp³-hybridized carbons (Fsp3) is 0.538. The molecular formula is C13H19NO. The largest absolute Gasteiger partial charge is 0.380 e. The first-order valence-electron chi connectivity index (χ1n) is 5.66. The monoisotopic (exact) mass is 205 g/mol. The van der Waals surface area contributed by atoms with E-state index in [0.717, 1.165) is 13.2 Å². The maximum absolute atomic E-state index is 5.45. The molecule has 0 spiro atoms. The van der Waals surface area contributed by atoms with Gasteiger partial charge in [0.05, 0.1) is 6.61 Å². The number of aryl methyl sites for hydroxylation is 2. The zero-order valence-electron chi connectivity index (χ0n) is 9.55. The summed E-state index contributed by atoms with van der Waals surface area (Å²) < 4.78 is 5.45. The first-order chi connectivity index (χ1) is 7.24. The molecule has 0 aliphatic carbocycles. The van der Waals surface area contributed by atoms with Gasteiger partial charge in [-0.15, -0.1) is 0 Å². The van der Waals surface area contributed by atoms with E-state index in [1.165, 1.54) is 29.7 Å². The highest BCUT2D eigenvalue weighted by Gasteiger charge is 2.13. The lowest BCUT2D eigenvalue weighted by Crippen LogP contribution is -2.29. The number of hydrogen-bond donors (Lipinski definition) is 1. The van der Waals surface area contributed by atoms with E-state index < -0.39 is 0 Å². The Bertz CT molecular complexity index is 309. The van der Waals surface area contributed by atoms with Gasteiger partial charge in [-0.25, -0.2) is 0 Å². The van der Waals surface area contributed by atoms with Gasteiger partial charge in [0.15, 0.2) is 0 Å². The average Bonchev–Trinajstić information content (AvgIpc) is 2.17. The minimum Gasteiger partial charge on any atom is -0.380 e. The van der Waals surface area contributed by atoms with E-state index in [1.807, 2.05) is 0 Å². The summed E-state index contributed by atoms with van der Waals surface area (Å²) in [5, 5.41) is 3.54. The van der Waals surface area contributed by atoms with Crippen LogP contribution in [0, 0.1) is 13.8 Å². The SMILES string of the molecule is Cc1cc(C)cc(NC2CCCOC2)c1. The fourth-order valence-electron chi connectivity index (χ4n) is 2.15. The summed E-state index contributed by atoms with van der Waals surface area (Å²) in [4.78, 5) is 0. The molecule has 1 aliphatic heterocycles. The number of nitrogens with one attached hydrogen (secondary N) is 1. The van der Waals surface area contributed by atoms with Crippen molar-refractivity contribution < 1.29 is 4.74 Å². The Hall–Kier alpha value is -1.02. The number of rotatable bonds is 2. The maximum Gasteiger partial charge on any atom is 0.0667 e. The highest BCUT2D eigenvalue weighted by Crippen LogP contribution is 2.17. The van der Waals surface area contributed by atoms with Gasteiger partial charge in [-0.3, -0.25) is 0 Å². The minimum absolute atomic E-state index is 0.486. The lowest BCUT2D eigenvalue weighted by atomic mass is 10.1. The van der Waals surface area contributed by atoms with Crippen molar-refractivity contribution in [1.82, 2.24) is 0 Å². The molecule has 2 nitrogen and oxygen atoms in total. The lowest BCUT2D eigenvalue weighted by Gasteiger charge is -2.24. The van der Waals surface area contributed by atoms with E-state index in [0.29, 0.717) is 6.04 Å². The van der Waals surface area contributed by atoms with Crippen molar-refractivity contribution in [2.75, 3.05) is 18.5 Å². The van der Waals surface area contributed by atoms with Gasteiger partial charge in [0, 0.05) is 18.3 Å². The van der Waals surface area contributed by atoms with Crippen LogP contribution in [0.3, 0.4) is 0 Å². The summed E-state index contributed by atoms with van der Waals surface area (Å²) in [6, 6.07) is 7.08. The topological polar surface area (TPSA) is 21.3 Å². The smallest absolute Gasteiger partial charge is 0.0667 e. The summed E-state index contributed by atoms with van der Waals surface area (Å²) in [5.41, 5.74) is 3.85. The molecule has 1 aliphatic rings. The number of benzene rings is 1. The highest BCUT2D eigenvalue weighted by atomic mass is 16.5. The van der Waals surface area contributed by atoms with Crippen LogP contribution >= 0.6 is 0 Å². The Morgan fingerprint density at radius 2 is 1.93 bits per heavy atom. The molecule has 0 radical (unpaired) electrons. The molecule has 1 aromatic rings. The Labute approximate surface area is 91.6 Å². The third kappa shape index (κ3) is 2.96. The molecule has 1 saturated heterocycles. The Morgan fingerprint density at radius 3 is 2.53 bits per heavy atom. The summed E-state index contributed by atoms with van der Waals surface area (Å²) in [6.45, 7) is 6.03. The van der Waals surface area contributed by atoms with Crippen LogP contribution < -0.4 is 5.32 Å². The van der Waals surface area contributed by atoms with E-state index >= 15 is 0 Å². The fourth-order valence-corrected chi connectivity index (χ4v) is 2.15. The molecule has 82 valence electrons. The Balaban J connectivity index is 2.02. The zero-order valence-corrected chi connectivity index (χ0v) is 9.55. The second-order valence-corrected chi connectivity index (χ2v) is 4.43. The number of hydrogen-bond acceptors (Lipinski definition) is 2. The second-order valence-electron chi connectivity index (χ2n) is 4.43. The van der Waals surface area contributed by atoms with Crippen LogP contribution in [0.15, 0.2) is 18.2 Å². The molecule has 0 aromatic heterocycles. The summed E-state index contributed by atoms with van der Waals surface area (Å²) in [6.07, 6.45) is 2.38. The predicted molar refractivity (Wildman–Crippen MR) is 63.4 cm³/mol. The molecule has 1 fully saturated rings. The molecule has 0 bridgehead atoms. The zero-order chi connectivity index (χ0) is 10.7. The predicted octanol–water partition coefficient (Wildman–Crippen LogP) is 2.89. The van der Waals surface area contributed by atoms with Gasteiger partial charge in [-0.05, 0) is 49.9 Å². The summed E-state index contributed by atoms with van der Waals surface area (Å²) >= 11 is 0. The van der Waals surface area contributed by atoms with E-state index in [1.54, 1.807) is 0 Å². The van der Waals surface area contributed by atoms with Crippen LogP contribution in [0.2, 0.25) is 0 Å². The lowest BCUT2D eigenvalue weighted by molar-refractivity contribution is 0.0876.